The van der Waals surface area contributed by atoms with Crippen LogP contribution in [0.5, 0.6) is 0 Å². The van der Waals surface area contributed by atoms with Crippen LogP contribution in [0.4, 0.5) is 0 Å². The fourth-order valence-corrected chi connectivity index (χ4v) is 4.99. The van der Waals surface area contributed by atoms with Crippen molar-refractivity contribution < 1.29 is 19.4 Å². The summed E-state index contributed by atoms with van der Waals surface area (Å²) in [6, 6.07) is 0. The number of hydrogen-bond acceptors (Lipinski definition) is 6. The number of aliphatic hydroxyl groups is 1. The fraction of sp³-hybridized carbons (Fsp3) is 0.929. The highest BCUT2D eigenvalue weighted by Gasteiger charge is 2.15. The van der Waals surface area contributed by atoms with Gasteiger partial charge < -0.3 is 19.9 Å². The molecule has 1 atom stereocenters. The summed E-state index contributed by atoms with van der Waals surface area (Å²) in [6.45, 7) is 2.41. The molecule has 5 nitrogen and oxygen atoms in total. The van der Waals surface area contributed by atoms with Crippen molar-refractivity contribution in [2.24, 2.45) is 0 Å². The zero-order valence-corrected chi connectivity index (χ0v) is 14.2. The third kappa shape index (κ3) is 11.3. The number of unbranched alkanes of at least 4 members (excludes halogenated alkanes) is 1. The van der Waals surface area contributed by atoms with Gasteiger partial charge in [0.15, 0.2) is 0 Å². The molecule has 124 valence electrons. The van der Waals surface area contributed by atoms with Gasteiger partial charge in [0.05, 0.1) is 33.0 Å². The second-order valence-corrected chi connectivity index (χ2v) is 7.66. The Morgan fingerprint density at radius 2 is 2.00 bits per heavy atom. The van der Waals surface area contributed by atoms with Gasteiger partial charge in [0, 0.05) is 24.0 Å². The van der Waals surface area contributed by atoms with E-state index in [-0.39, 0.29) is 12.5 Å². The largest absolute Gasteiger partial charge is 0.394 e. The molecule has 1 rings (SSSR count). The van der Waals surface area contributed by atoms with Crippen LogP contribution in [0.1, 0.15) is 32.1 Å². The number of amides is 1. The van der Waals surface area contributed by atoms with E-state index in [4.69, 9.17) is 14.6 Å². The first kappa shape index (κ1) is 19.1. The molecule has 0 radical (unpaired) electrons. The zero-order valence-electron chi connectivity index (χ0n) is 12.6. The molecule has 0 aromatic heterocycles. The number of hydrogen-bond donors (Lipinski definition) is 2. The minimum Gasteiger partial charge on any atom is -0.394 e. The summed E-state index contributed by atoms with van der Waals surface area (Å²) >= 11 is 0. The molecule has 1 fully saturated rings. The lowest BCUT2D eigenvalue weighted by atomic mass is 10.1. The molecule has 0 aromatic carbocycles. The maximum atomic E-state index is 11.6. The highest BCUT2D eigenvalue weighted by Crippen LogP contribution is 2.39. The smallest absolute Gasteiger partial charge is 0.220 e. The van der Waals surface area contributed by atoms with Gasteiger partial charge in [0.25, 0.3) is 0 Å². The molecule has 1 amide bonds. The van der Waals surface area contributed by atoms with Crippen molar-refractivity contribution in [3.05, 3.63) is 0 Å². The Hall–Kier alpha value is 0.0500. The van der Waals surface area contributed by atoms with Crippen LogP contribution in [-0.4, -0.2) is 61.6 Å². The van der Waals surface area contributed by atoms with E-state index in [1.165, 1.54) is 18.6 Å². The zero-order chi connectivity index (χ0) is 15.2. The monoisotopic (exact) mass is 337 g/mol. The molecule has 0 aliphatic carbocycles. The van der Waals surface area contributed by atoms with Gasteiger partial charge in [-0.05, 0) is 19.3 Å². The minimum absolute atomic E-state index is 0.0360. The Morgan fingerprint density at radius 3 is 2.71 bits per heavy atom. The van der Waals surface area contributed by atoms with Crippen molar-refractivity contribution in [3.8, 4) is 0 Å². The van der Waals surface area contributed by atoms with E-state index < -0.39 is 0 Å². The average Bonchev–Trinajstić information content (AvgIpc) is 3.00. The van der Waals surface area contributed by atoms with Crippen LogP contribution in [0, 0.1) is 0 Å². The van der Waals surface area contributed by atoms with E-state index in [2.05, 4.69) is 5.32 Å². The topological polar surface area (TPSA) is 67.8 Å². The van der Waals surface area contributed by atoms with Crippen molar-refractivity contribution in [2.45, 2.75) is 37.4 Å². The first-order chi connectivity index (χ1) is 10.3. The number of aliphatic hydroxyl groups excluding tert-OH is 1. The normalized spacial score (nSPS) is 18.0. The van der Waals surface area contributed by atoms with Crippen LogP contribution in [-0.2, 0) is 14.3 Å². The molecule has 0 aromatic rings. The molecule has 1 unspecified atom stereocenters. The summed E-state index contributed by atoms with van der Waals surface area (Å²) in [5.74, 6) is 1.39. The van der Waals surface area contributed by atoms with Crippen molar-refractivity contribution in [2.75, 3.05) is 45.3 Å². The van der Waals surface area contributed by atoms with Gasteiger partial charge in [0.2, 0.25) is 5.91 Å². The highest BCUT2D eigenvalue weighted by molar-refractivity contribution is 8.77. The highest BCUT2D eigenvalue weighted by atomic mass is 33.1. The van der Waals surface area contributed by atoms with Gasteiger partial charge in [-0.3, -0.25) is 4.79 Å². The van der Waals surface area contributed by atoms with Gasteiger partial charge in [-0.15, -0.1) is 0 Å². The molecule has 1 saturated heterocycles. The average molecular weight is 338 g/mol. The molecule has 1 heterocycles. The molecule has 2 N–H and O–H groups in total. The lowest BCUT2D eigenvalue weighted by Gasteiger charge is -2.08. The summed E-state index contributed by atoms with van der Waals surface area (Å²) in [5.41, 5.74) is 0. The Balaban J connectivity index is 1.78. The molecule has 0 spiro atoms. The minimum atomic E-state index is 0.0360. The molecular formula is C14H27NO4S2. The lowest BCUT2D eigenvalue weighted by Crippen LogP contribution is -2.27. The summed E-state index contributed by atoms with van der Waals surface area (Å²) in [7, 11) is 3.97. The number of carbonyl (C=O) groups excluding carboxylic acids is 1. The van der Waals surface area contributed by atoms with Gasteiger partial charge in [-0.1, -0.05) is 28.0 Å². The summed E-state index contributed by atoms with van der Waals surface area (Å²) in [5, 5.41) is 12.2. The maximum Gasteiger partial charge on any atom is 0.220 e. The maximum absolute atomic E-state index is 11.6. The Labute approximate surface area is 135 Å². The van der Waals surface area contributed by atoms with E-state index in [1.54, 1.807) is 0 Å². The third-order valence-corrected chi connectivity index (χ3v) is 6.09. The molecule has 1 aliphatic heterocycles. The van der Waals surface area contributed by atoms with Crippen molar-refractivity contribution >= 4 is 27.5 Å². The van der Waals surface area contributed by atoms with Crippen molar-refractivity contribution in [1.29, 1.82) is 0 Å². The SMILES string of the molecule is O=C(CCCCC1CCSS1)NCCOCCOCCO. The Bertz CT molecular complexity index is 263. The molecule has 0 saturated carbocycles. The van der Waals surface area contributed by atoms with Crippen molar-refractivity contribution in [3.63, 3.8) is 0 Å². The molecule has 21 heavy (non-hydrogen) atoms. The predicted molar refractivity (Wildman–Crippen MR) is 88.7 cm³/mol. The molecule has 1 aliphatic rings. The first-order valence-electron chi connectivity index (χ1n) is 7.64. The summed E-state index contributed by atoms with van der Waals surface area (Å²) in [6.07, 6.45) is 5.29. The standard InChI is InChI=1S/C14H27NO4S2/c16-7-9-19-11-10-18-8-6-15-14(17)4-2-1-3-13-5-12-20-21-13/h13,16H,1-12H2,(H,15,17). The molecule has 7 heteroatoms. The van der Waals surface area contributed by atoms with Gasteiger partial charge in [-0.2, -0.15) is 0 Å². The van der Waals surface area contributed by atoms with E-state index in [1.807, 2.05) is 21.6 Å². The second-order valence-electron chi connectivity index (χ2n) is 4.87. The van der Waals surface area contributed by atoms with Crippen LogP contribution in [0.3, 0.4) is 0 Å². The second kappa shape index (κ2) is 13.7. The third-order valence-electron chi connectivity index (χ3n) is 3.08. The number of ether oxygens (including phenoxy) is 2. The van der Waals surface area contributed by atoms with Crippen LogP contribution in [0.25, 0.3) is 0 Å². The number of rotatable bonds is 13. The molecular weight excluding hydrogens is 310 g/mol. The first-order valence-corrected chi connectivity index (χ1v) is 10.0. The fourth-order valence-electron chi connectivity index (χ4n) is 1.96. The van der Waals surface area contributed by atoms with E-state index in [0.29, 0.717) is 39.4 Å². The summed E-state index contributed by atoms with van der Waals surface area (Å²) in [4.78, 5) is 11.6. The van der Waals surface area contributed by atoms with Crippen LogP contribution in [0.15, 0.2) is 0 Å². The number of carbonyl (C=O) groups is 1. The van der Waals surface area contributed by atoms with Crippen LogP contribution in [0.2, 0.25) is 0 Å². The predicted octanol–water partition coefficient (Wildman–Crippen LogP) is 1.84. The molecule has 0 bridgehead atoms. The number of nitrogens with one attached hydrogen (secondary N) is 1. The quantitative estimate of drug-likeness (QED) is 0.395. The van der Waals surface area contributed by atoms with Gasteiger partial charge >= 0.3 is 0 Å². The Morgan fingerprint density at radius 1 is 1.19 bits per heavy atom. The van der Waals surface area contributed by atoms with E-state index >= 15 is 0 Å². The van der Waals surface area contributed by atoms with Crippen molar-refractivity contribution in [1.82, 2.24) is 5.32 Å². The lowest BCUT2D eigenvalue weighted by molar-refractivity contribution is -0.121. The van der Waals surface area contributed by atoms with Crippen LogP contribution < -0.4 is 5.32 Å². The Kier molecular flexibility index (Phi) is 12.5. The van der Waals surface area contributed by atoms with E-state index in [9.17, 15) is 4.79 Å². The van der Waals surface area contributed by atoms with E-state index in [0.717, 1.165) is 18.1 Å². The summed E-state index contributed by atoms with van der Waals surface area (Å²) < 4.78 is 10.3. The van der Waals surface area contributed by atoms with Crippen LogP contribution >= 0.6 is 21.6 Å². The van der Waals surface area contributed by atoms with Gasteiger partial charge in [-0.25, -0.2) is 0 Å². The van der Waals surface area contributed by atoms with Gasteiger partial charge in [0.1, 0.15) is 0 Å².